The van der Waals surface area contributed by atoms with E-state index < -0.39 is 11.9 Å². The number of carboxylic acid groups (broad SMARTS) is 1. The molecule has 0 atom stereocenters. The number of hydrogen-bond acceptors (Lipinski definition) is 3. The maximum atomic E-state index is 12.2. The Labute approximate surface area is 126 Å². The predicted molar refractivity (Wildman–Crippen MR) is 82.3 cm³/mol. The smallest absolute Gasteiger partial charge is 0.344 e. The first-order valence-electron chi connectivity index (χ1n) is 6.68. The molecule has 1 N–H and O–H groups in total. The van der Waals surface area contributed by atoms with Gasteiger partial charge < -0.3 is 9.84 Å². The molecule has 22 heavy (non-hydrogen) atoms. The van der Waals surface area contributed by atoms with Gasteiger partial charge in [0.25, 0.3) is 0 Å². The second-order valence-electron chi connectivity index (χ2n) is 4.75. The van der Waals surface area contributed by atoms with Crippen LogP contribution in [-0.4, -0.2) is 17.0 Å². The summed E-state index contributed by atoms with van der Waals surface area (Å²) in [6.45, 7) is 0. The third-order valence-corrected chi connectivity index (χ3v) is 3.31. The summed E-state index contributed by atoms with van der Waals surface area (Å²) in [4.78, 5) is 23.3. The number of benzene rings is 3. The monoisotopic (exact) mass is 292 g/mol. The molecule has 3 rings (SSSR count). The second-order valence-corrected chi connectivity index (χ2v) is 4.75. The Balaban J connectivity index is 1.91. The van der Waals surface area contributed by atoms with Crippen LogP contribution in [0.15, 0.2) is 66.7 Å². The van der Waals surface area contributed by atoms with Gasteiger partial charge in [-0.3, -0.25) is 0 Å². The number of carbonyl (C=O) groups is 2. The van der Waals surface area contributed by atoms with Gasteiger partial charge in [-0.2, -0.15) is 0 Å². The summed E-state index contributed by atoms with van der Waals surface area (Å²) in [7, 11) is 0. The highest BCUT2D eigenvalue weighted by Gasteiger charge is 2.17. The molecule has 3 aromatic carbocycles. The van der Waals surface area contributed by atoms with Crippen LogP contribution in [0.2, 0.25) is 0 Å². The van der Waals surface area contributed by atoms with Crippen molar-refractivity contribution in [1.29, 1.82) is 0 Å². The predicted octanol–water partition coefficient (Wildman–Crippen LogP) is 3.76. The van der Waals surface area contributed by atoms with Crippen molar-refractivity contribution in [3.05, 3.63) is 77.9 Å². The molecule has 4 heteroatoms. The number of rotatable bonds is 3. The van der Waals surface area contributed by atoms with Crippen molar-refractivity contribution in [2.45, 2.75) is 0 Å². The first kappa shape index (κ1) is 13.8. The van der Waals surface area contributed by atoms with Gasteiger partial charge in [0.15, 0.2) is 0 Å². The molecule has 0 radical (unpaired) electrons. The Bertz CT molecular complexity index is 868. The van der Waals surface area contributed by atoms with E-state index in [0.717, 1.165) is 10.8 Å². The van der Waals surface area contributed by atoms with Crippen LogP contribution in [0.25, 0.3) is 10.8 Å². The van der Waals surface area contributed by atoms with Crippen molar-refractivity contribution in [3.8, 4) is 5.75 Å². The summed E-state index contributed by atoms with van der Waals surface area (Å²) in [6, 6.07) is 19.0. The molecule has 0 fully saturated rings. The maximum absolute atomic E-state index is 12.2. The van der Waals surface area contributed by atoms with E-state index in [9.17, 15) is 9.59 Å². The lowest BCUT2D eigenvalue weighted by atomic mass is 10.1. The van der Waals surface area contributed by atoms with E-state index in [1.165, 1.54) is 12.1 Å². The Hall–Kier alpha value is -3.14. The zero-order valence-electron chi connectivity index (χ0n) is 11.5. The van der Waals surface area contributed by atoms with Crippen LogP contribution in [-0.2, 0) is 0 Å². The van der Waals surface area contributed by atoms with Gasteiger partial charge in [0.05, 0.1) is 11.1 Å². The molecule has 0 unspecified atom stereocenters. The van der Waals surface area contributed by atoms with E-state index in [1.54, 1.807) is 24.3 Å². The van der Waals surface area contributed by atoms with Crippen molar-refractivity contribution in [3.63, 3.8) is 0 Å². The molecule has 0 bridgehead atoms. The van der Waals surface area contributed by atoms with Crippen molar-refractivity contribution in [2.24, 2.45) is 0 Å². The van der Waals surface area contributed by atoms with Crippen molar-refractivity contribution in [1.82, 2.24) is 0 Å². The van der Waals surface area contributed by atoms with Crippen molar-refractivity contribution < 1.29 is 19.4 Å². The fourth-order valence-electron chi connectivity index (χ4n) is 2.24. The number of carboxylic acids is 1. The Morgan fingerprint density at radius 3 is 2.14 bits per heavy atom. The average molecular weight is 292 g/mol. The molecule has 108 valence electrons. The van der Waals surface area contributed by atoms with Gasteiger partial charge >= 0.3 is 11.9 Å². The van der Waals surface area contributed by atoms with Crippen LogP contribution in [0.1, 0.15) is 20.7 Å². The third kappa shape index (κ3) is 2.67. The highest BCUT2D eigenvalue weighted by Crippen LogP contribution is 2.22. The van der Waals surface area contributed by atoms with E-state index in [1.807, 2.05) is 30.3 Å². The number of hydrogen-bond donors (Lipinski definition) is 1. The van der Waals surface area contributed by atoms with Crippen LogP contribution in [0.3, 0.4) is 0 Å². The molecule has 0 saturated heterocycles. The van der Waals surface area contributed by atoms with Crippen molar-refractivity contribution >= 4 is 22.7 Å². The second kappa shape index (κ2) is 5.69. The van der Waals surface area contributed by atoms with E-state index in [0.29, 0.717) is 5.75 Å². The van der Waals surface area contributed by atoms with E-state index in [2.05, 4.69) is 0 Å². The van der Waals surface area contributed by atoms with Crippen LogP contribution < -0.4 is 4.74 Å². The molecule has 0 aliphatic rings. The molecule has 4 nitrogen and oxygen atoms in total. The lowest BCUT2D eigenvalue weighted by molar-refractivity contribution is 0.0668. The summed E-state index contributed by atoms with van der Waals surface area (Å²) in [5.41, 5.74) is -0.0450. The largest absolute Gasteiger partial charge is 0.478 e. The SMILES string of the molecule is O=C(O)c1ccccc1C(=O)Oc1ccc2ccccc2c1. The fourth-order valence-corrected chi connectivity index (χ4v) is 2.24. The van der Waals surface area contributed by atoms with Crippen LogP contribution in [0.4, 0.5) is 0 Å². The van der Waals surface area contributed by atoms with Crippen LogP contribution >= 0.6 is 0 Å². The highest BCUT2D eigenvalue weighted by atomic mass is 16.5. The van der Waals surface area contributed by atoms with Crippen LogP contribution in [0.5, 0.6) is 5.75 Å². The first-order chi connectivity index (χ1) is 10.6. The van der Waals surface area contributed by atoms with E-state index >= 15 is 0 Å². The third-order valence-electron chi connectivity index (χ3n) is 3.31. The van der Waals surface area contributed by atoms with Gasteiger partial charge in [-0.25, -0.2) is 9.59 Å². The quantitative estimate of drug-likeness (QED) is 0.589. The number of ether oxygens (including phenoxy) is 1. The average Bonchev–Trinajstić information content (AvgIpc) is 2.54. The molecular weight excluding hydrogens is 280 g/mol. The fraction of sp³-hybridized carbons (Fsp3) is 0. The minimum Gasteiger partial charge on any atom is -0.478 e. The topological polar surface area (TPSA) is 63.6 Å². The summed E-state index contributed by atoms with van der Waals surface area (Å²) >= 11 is 0. The van der Waals surface area contributed by atoms with Crippen molar-refractivity contribution in [2.75, 3.05) is 0 Å². The van der Waals surface area contributed by atoms with E-state index in [-0.39, 0.29) is 11.1 Å². The molecule has 0 amide bonds. The highest BCUT2D eigenvalue weighted by molar-refractivity contribution is 6.03. The van der Waals surface area contributed by atoms with Gasteiger partial charge in [-0.15, -0.1) is 0 Å². The Kier molecular flexibility index (Phi) is 3.58. The number of carbonyl (C=O) groups excluding carboxylic acids is 1. The first-order valence-corrected chi connectivity index (χ1v) is 6.68. The minimum atomic E-state index is -1.16. The zero-order valence-corrected chi connectivity index (χ0v) is 11.5. The summed E-state index contributed by atoms with van der Waals surface area (Å²) in [5, 5.41) is 11.1. The molecule has 0 heterocycles. The zero-order chi connectivity index (χ0) is 15.5. The Morgan fingerprint density at radius 2 is 1.41 bits per heavy atom. The maximum Gasteiger partial charge on any atom is 0.344 e. The summed E-state index contributed by atoms with van der Waals surface area (Å²) in [6.07, 6.45) is 0. The van der Waals surface area contributed by atoms with Gasteiger partial charge in [-0.05, 0) is 35.0 Å². The normalized spacial score (nSPS) is 10.4. The van der Waals surface area contributed by atoms with Gasteiger partial charge in [-0.1, -0.05) is 42.5 Å². The number of aromatic carboxylic acids is 1. The lowest BCUT2D eigenvalue weighted by Gasteiger charge is -2.07. The minimum absolute atomic E-state index is 0.0307. The summed E-state index contributed by atoms with van der Waals surface area (Å²) < 4.78 is 5.30. The molecule has 0 aromatic heterocycles. The molecular formula is C18H12O4. The standard InChI is InChI=1S/C18H12O4/c19-17(20)15-7-3-4-8-16(15)18(21)22-14-10-9-12-5-1-2-6-13(12)11-14/h1-11H,(H,19,20). The van der Waals surface area contributed by atoms with E-state index in [4.69, 9.17) is 9.84 Å². The Morgan fingerprint density at radius 1 is 0.773 bits per heavy atom. The molecule has 0 aliphatic heterocycles. The summed E-state index contributed by atoms with van der Waals surface area (Å²) in [5.74, 6) is -1.47. The van der Waals surface area contributed by atoms with Gasteiger partial charge in [0, 0.05) is 0 Å². The lowest BCUT2D eigenvalue weighted by Crippen LogP contribution is -2.13. The molecule has 0 spiro atoms. The number of fused-ring (bicyclic) bond motifs is 1. The molecule has 0 saturated carbocycles. The van der Waals surface area contributed by atoms with Crippen LogP contribution in [0, 0.1) is 0 Å². The molecule has 0 aliphatic carbocycles. The number of esters is 1. The molecule has 3 aromatic rings. The van der Waals surface area contributed by atoms with Gasteiger partial charge in [0.2, 0.25) is 0 Å². The van der Waals surface area contributed by atoms with Gasteiger partial charge in [0.1, 0.15) is 5.75 Å².